The van der Waals surface area contributed by atoms with Gasteiger partial charge in [0.25, 0.3) is 5.91 Å². The van der Waals surface area contributed by atoms with Crippen LogP contribution in [0.1, 0.15) is 77.1 Å². The Balaban J connectivity index is 1.74. The van der Waals surface area contributed by atoms with Crippen molar-refractivity contribution >= 4 is 5.91 Å². The fraction of sp³-hybridized carbons (Fsp3) is 0.500. The molecule has 2 atom stereocenters. The summed E-state index contributed by atoms with van der Waals surface area (Å²) in [6, 6.07) is 14.1. The van der Waals surface area contributed by atoms with Crippen molar-refractivity contribution in [3.05, 3.63) is 59.2 Å². The summed E-state index contributed by atoms with van der Waals surface area (Å²) in [6.07, 6.45) is 0.774. The normalized spacial score (nSPS) is 18.7. The SMILES string of the molecule is CC[C@H](Oc1ccc(C(C)(C)C)cc1)C(=O)N[C@H]1CC(C)(C)Oc2ccc(C)cc21. The van der Waals surface area contributed by atoms with E-state index in [1.807, 2.05) is 31.2 Å². The number of rotatable bonds is 5. The van der Waals surface area contributed by atoms with Gasteiger partial charge in [0, 0.05) is 12.0 Å². The second-order valence-electron chi connectivity index (χ2n) is 9.96. The first-order chi connectivity index (χ1) is 14.0. The Labute approximate surface area is 181 Å². The van der Waals surface area contributed by atoms with E-state index in [2.05, 4.69) is 65.1 Å². The third kappa shape index (κ3) is 5.16. The number of aryl methyl sites for hydroxylation is 1. The molecule has 0 bridgehead atoms. The van der Waals surface area contributed by atoms with Gasteiger partial charge < -0.3 is 14.8 Å². The number of ether oxygens (including phenoxy) is 2. The minimum absolute atomic E-state index is 0.0848. The van der Waals surface area contributed by atoms with E-state index in [-0.39, 0.29) is 23.0 Å². The molecule has 4 heteroatoms. The van der Waals surface area contributed by atoms with Gasteiger partial charge in [-0.1, -0.05) is 57.5 Å². The van der Waals surface area contributed by atoms with Gasteiger partial charge in [0.15, 0.2) is 6.10 Å². The number of hydrogen-bond donors (Lipinski definition) is 1. The van der Waals surface area contributed by atoms with Crippen molar-refractivity contribution in [2.45, 2.75) is 84.5 Å². The molecule has 30 heavy (non-hydrogen) atoms. The summed E-state index contributed by atoms with van der Waals surface area (Å²) >= 11 is 0. The zero-order valence-electron chi connectivity index (χ0n) is 19.3. The van der Waals surface area contributed by atoms with Crippen LogP contribution in [-0.2, 0) is 10.2 Å². The lowest BCUT2D eigenvalue weighted by molar-refractivity contribution is -0.129. The van der Waals surface area contributed by atoms with E-state index in [1.165, 1.54) is 5.56 Å². The monoisotopic (exact) mass is 409 g/mol. The molecule has 1 N–H and O–H groups in total. The molecule has 2 aromatic carbocycles. The van der Waals surface area contributed by atoms with Crippen molar-refractivity contribution in [2.24, 2.45) is 0 Å². The first-order valence-corrected chi connectivity index (χ1v) is 10.9. The highest BCUT2D eigenvalue weighted by atomic mass is 16.5. The average molecular weight is 410 g/mol. The van der Waals surface area contributed by atoms with Gasteiger partial charge in [-0.05, 0) is 56.4 Å². The first-order valence-electron chi connectivity index (χ1n) is 10.9. The Morgan fingerprint density at radius 3 is 2.47 bits per heavy atom. The van der Waals surface area contributed by atoms with Crippen LogP contribution in [0.2, 0.25) is 0 Å². The molecule has 1 aliphatic heterocycles. The lowest BCUT2D eigenvalue weighted by Gasteiger charge is -2.38. The molecule has 0 radical (unpaired) electrons. The molecular weight excluding hydrogens is 374 g/mol. The summed E-state index contributed by atoms with van der Waals surface area (Å²) in [6.45, 7) is 14.7. The number of nitrogens with one attached hydrogen (secondary N) is 1. The van der Waals surface area contributed by atoms with E-state index in [4.69, 9.17) is 9.47 Å². The molecule has 1 heterocycles. The molecule has 0 spiro atoms. The summed E-state index contributed by atoms with van der Waals surface area (Å²) in [5.74, 6) is 1.47. The fourth-order valence-electron chi connectivity index (χ4n) is 3.89. The van der Waals surface area contributed by atoms with Crippen LogP contribution in [0.4, 0.5) is 0 Å². The van der Waals surface area contributed by atoms with Crippen LogP contribution >= 0.6 is 0 Å². The van der Waals surface area contributed by atoms with Gasteiger partial charge >= 0.3 is 0 Å². The van der Waals surface area contributed by atoms with Crippen LogP contribution < -0.4 is 14.8 Å². The summed E-state index contributed by atoms with van der Waals surface area (Å²) in [5, 5.41) is 3.22. The minimum Gasteiger partial charge on any atom is -0.487 e. The third-order valence-electron chi connectivity index (χ3n) is 5.60. The molecule has 4 nitrogen and oxygen atoms in total. The molecule has 0 unspecified atom stereocenters. The van der Waals surface area contributed by atoms with Gasteiger partial charge in [-0.2, -0.15) is 0 Å². The molecule has 0 aliphatic carbocycles. The van der Waals surface area contributed by atoms with Crippen LogP contribution in [0.25, 0.3) is 0 Å². The summed E-state index contributed by atoms with van der Waals surface area (Å²) in [7, 11) is 0. The molecular formula is C26H35NO3. The molecule has 0 aromatic heterocycles. The van der Waals surface area contributed by atoms with E-state index >= 15 is 0 Å². The highest BCUT2D eigenvalue weighted by molar-refractivity contribution is 5.81. The number of hydrogen-bond acceptors (Lipinski definition) is 3. The van der Waals surface area contributed by atoms with Gasteiger partial charge in [0.1, 0.15) is 17.1 Å². The van der Waals surface area contributed by atoms with Crippen LogP contribution in [0, 0.1) is 6.92 Å². The highest BCUT2D eigenvalue weighted by Crippen LogP contribution is 2.40. The topological polar surface area (TPSA) is 47.6 Å². The van der Waals surface area contributed by atoms with Gasteiger partial charge in [0.2, 0.25) is 0 Å². The first kappa shape index (κ1) is 22.2. The second-order valence-corrected chi connectivity index (χ2v) is 9.96. The number of amides is 1. The van der Waals surface area contributed by atoms with Gasteiger partial charge in [0.05, 0.1) is 6.04 Å². The largest absolute Gasteiger partial charge is 0.487 e. The maximum Gasteiger partial charge on any atom is 0.261 e. The number of benzene rings is 2. The number of fused-ring (bicyclic) bond motifs is 1. The number of carbonyl (C=O) groups is 1. The Morgan fingerprint density at radius 1 is 1.20 bits per heavy atom. The van der Waals surface area contributed by atoms with Crippen molar-refractivity contribution in [1.82, 2.24) is 5.32 Å². The van der Waals surface area contributed by atoms with Crippen LogP contribution in [0.15, 0.2) is 42.5 Å². The molecule has 1 aliphatic rings. The van der Waals surface area contributed by atoms with Crippen molar-refractivity contribution in [3.63, 3.8) is 0 Å². The van der Waals surface area contributed by atoms with Gasteiger partial charge in [-0.3, -0.25) is 4.79 Å². The third-order valence-corrected chi connectivity index (χ3v) is 5.60. The van der Waals surface area contributed by atoms with Crippen molar-refractivity contribution in [2.75, 3.05) is 0 Å². The van der Waals surface area contributed by atoms with Crippen LogP contribution in [-0.4, -0.2) is 17.6 Å². The van der Waals surface area contributed by atoms with Crippen molar-refractivity contribution in [1.29, 1.82) is 0 Å². The average Bonchev–Trinajstić information content (AvgIpc) is 2.65. The maximum absolute atomic E-state index is 13.1. The van der Waals surface area contributed by atoms with Gasteiger partial charge in [-0.15, -0.1) is 0 Å². The minimum atomic E-state index is -0.537. The Kier molecular flexibility index (Phi) is 6.16. The summed E-state index contributed by atoms with van der Waals surface area (Å²) < 4.78 is 12.2. The van der Waals surface area contributed by atoms with E-state index < -0.39 is 6.10 Å². The lowest BCUT2D eigenvalue weighted by atomic mass is 9.87. The van der Waals surface area contributed by atoms with Crippen LogP contribution in [0.5, 0.6) is 11.5 Å². The molecule has 0 fully saturated rings. The Bertz CT molecular complexity index is 893. The quantitative estimate of drug-likeness (QED) is 0.672. The van der Waals surface area contributed by atoms with E-state index in [0.29, 0.717) is 18.6 Å². The lowest BCUT2D eigenvalue weighted by Crippen LogP contribution is -2.45. The molecule has 1 amide bonds. The molecule has 0 saturated heterocycles. The summed E-state index contributed by atoms with van der Waals surface area (Å²) in [4.78, 5) is 13.1. The van der Waals surface area contributed by atoms with Gasteiger partial charge in [-0.25, -0.2) is 0 Å². The molecule has 3 rings (SSSR count). The number of carbonyl (C=O) groups excluding carboxylic acids is 1. The molecule has 162 valence electrons. The fourth-order valence-corrected chi connectivity index (χ4v) is 3.89. The van der Waals surface area contributed by atoms with Crippen LogP contribution in [0.3, 0.4) is 0 Å². The Morgan fingerprint density at radius 2 is 1.87 bits per heavy atom. The predicted molar refractivity (Wildman–Crippen MR) is 121 cm³/mol. The zero-order valence-corrected chi connectivity index (χ0v) is 19.3. The predicted octanol–water partition coefficient (Wildman–Crippen LogP) is 5.87. The zero-order chi connectivity index (χ0) is 22.1. The summed E-state index contributed by atoms with van der Waals surface area (Å²) in [5.41, 5.74) is 3.17. The van der Waals surface area contributed by atoms with Crippen molar-refractivity contribution in [3.8, 4) is 11.5 Å². The van der Waals surface area contributed by atoms with E-state index in [1.54, 1.807) is 0 Å². The Hall–Kier alpha value is -2.49. The smallest absolute Gasteiger partial charge is 0.261 e. The maximum atomic E-state index is 13.1. The highest BCUT2D eigenvalue weighted by Gasteiger charge is 2.35. The molecule has 0 saturated carbocycles. The molecule has 2 aromatic rings. The van der Waals surface area contributed by atoms with E-state index in [0.717, 1.165) is 16.9 Å². The van der Waals surface area contributed by atoms with E-state index in [9.17, 15) is 4.79 Å². The van der Waals surface area contributed by atoms with Crippen molar-refractivity contribution < 1.29 is 14.3 Å². The second kappa shape index (κ2) is 8.33. The standard InChI is InChI=1S/C26H35NO3/c1-8-22(29-19-12-10-18(11-13-19)25(3,4)5)24(28)27-21-16-26(6,7)30-23-14-9-17(2)15-20(21)23/h9-15,21-22H,8,16H2,1-7H3,(H,27,28)/t21-,22-/m0/s1.